The second-order valence-corrected chi connectivity index (χ2v) is 4.94. The van der Waals surface area contributed by atoms with Crippen LogP contribution in [-0.4, -0.2) is 6.36 Å². The van der Waals surface area contributed by atoms with Crippen molar-refractivity contribution < 1.29 is 17.9 Å². The molecule has 0 saturated heterocycles. The van der Waals surface area contributed by atoms with Crippen molar-refractivity contribution in [1.82, 2.24) is 0 Å². The fourth-order valence-corrected chi connectivity index (χ4v) is 2.29. The van der Waals surface area contributed by atoms with Crippen molar-refractivity contribution in [2.75, 3.05) is 16.4 Å². The van der Waals surface area contributed by atoms with Gasteiger partial charge in [0.1, 0.15) is 5.75 Å². The average Bonchev–Trinajstić information content (AvgIpc) is 2.74. The van der Waals surface area contributed by atoms with Gasteiger partial charge >= 0.3 is 6.36 Å². The van der Waals surface area contributed by atoms with E-state index in [2.05, 4.69) is 15.4 Å². The van der Waals surface area contributed by atoms with Gasteiger partial charge in [0.25, 0.3) is 0 Å². The number of ether oxygens (including phenoxy) is 1. The highest BCUT2D eigenvalue weighted by Crippen LogP contribution is 2.38. The van der Waals surface area contributed by atoms with Crippen LogP contribution in [0.5, 0.6) is 5.75 Å². The van der Waals surface area contributed by atoms with E-state index in [1.165, 1.54) is 24.3 Å². The van der Waals surface area contributed by atoms with Gasteiger partial charge < -0.3 is 21.1 Å². The summed E-state index contributed by atoms with van der Waals surface area (Å²) < 4.78 is 40.3. The fourth-order valence-electron chi connectivity index (χ4n) is 2.29. The van der Waals surface area contributed by atoms with Crippen molar-refractivity contribution >= 4 is 17.1 Å². The molecule has 1 aliphatic rings. The molecule has 5 nitrogen and oxygen atoms in total. The highest BCUT2D eigenvalue weighted by Gasteiger charge is 2.35. The molecule has 0 amide bonds. The highest BCUT2D eigenvalue weighted by atomic mass is 19.4. The predicted molar refractivity (Wildman–Crippen MR) is 77.1 cm³/mol. The van der Waals surface area contributed by atoms with Gasteiger partial charge in [-0.15, -0.1) is 13.2 Å². The molecule has 0 fully saturated rings. The molecule has 1 heterocycles. The summed E-state index contributed by atoms with van der Waals surface area (Å²) in [6, 6.07) is 10.5. The highest BCUT2D eigenvalue weighted by molar-refractivity contribution is 5.79. The molecule has 2 aromatic rings. The Morgan fingerprint density at radius 3 is 2.23 bits per heavy atom. The third-order valence-corrected chi connectivity index (χ3v) is 3.25. The second-order valence-electron chi connectivity index (χ2n) is 4.94. The Kier molecular flexibility index (Phi) is 3.06. The molecule has 1 aliphatic heterocycles. The monoisotopic (exact) mass is 310 g/mol. The molecule has 0 aliphatic carbocycles. The van der Waals surface area contributed by atoms with E-state index in [-0.39, 0.29) is 5.75 Å². The Bertz CT molecular complexity index is 702. The molecule has 22 heavy (non-hydrogen) atoms. The first-order valence-electron chi connectivity index (χ1n) is 6.36. The molecule has 116 valence electrons. The van der Waals surface area contributed by atoms with Crippen molar-refractivity contribution in [3.63, 3.8) is 0 Å². The maximum Gasteiger partial charge on any atom is 0.573 e. The minimum Gasteiger partial charge on any atom is -0.406 e. The molecule has 1 unspecified atom stereocenters. The Hall–Kier alpha value is -2.61. The van der Waals surface area contributed by atoms with E-state index >= 15 is 0 Å². The largest absolute Gasteiger partial charge is 0.573 e. The molecule has 0 aromatic heterocycles. The molecule has 0 saturated carbocycles. The zero-order valence-corrected chi connectivity index (χ0v) is 11.2. The van der Waals surface area contributed by atoms with Crippen LogP contribution in [0.4, 0.5) is 30.2 Å². The van der Waals surface area contributed by atoms with Crippen molar-refractivity contribution in [2.45, 2.75) is 12.1 Å². The third kappa shape index (κ3) is 2.73. The lowest BCUT2D eigenvalue weighted by atomic mass is 10.1. The van der Waals surface area contributed by atoms with E-state index in [1.807, 2.05) is 0 Å². The first kappa shape index (κ1) is 14.3. The molecule has 0 bridgehead atoms. The molecule has 0 radical (unpaired) electrons. The number of alkyl halides is 3. The number of anilines is 3. The van der Waals surface area contributed by atoms with Crippen LogP contribution in [0, 0.1) is 0 Å². The average molecular weight is 310 g/mol. The SMILES string of the molecule is Nc1ccc2c(c1)NC(N)(c1ccc(OC(F)(F)F)cc1)N2. The van der Waals surface area contributed by atoms with Crippen molar-refractivity contribution in [3.05, 3.63) is 48.0 Å². The number of rotatable bonds is 2. The number of hydrogen-bond donors (Lipinski definition) is 4. The van der Waals surface area contributed by atoms with Gasteiger partial charge in [-0.25, -0.2) is 0 Å². The van der Waals surface area contributed by atoms with Gasteiger partial charge in [-0.05, 0) is 42.5 Å². The summed E-state index contributed by atoms with van der Waals surface area (Å²) in [6.07, 6.45) is -4.72. The summed E-state index contributed by atoms with van der Waals surface area (Å²) in [4.78, 5) is 0. The van der Waals surface area contributed by atoms with Gasteiger partial charge in [0, 0.05) is 11.3 Å². The molecule has 2 aromatic carbocycles. The van der Waals surface area contributed by atoms with E-state index in [1.54, 1.807) is 18.2 Å². The number of fused-ring (bicyclic) bond motifs is 1. The minimum absolute atomic E-state index is 0.306. The topological polar surface area (TPSA) is 85.3 Å². The Morgan fingerprint density at radius 2 is 1.59 bits per heavy atom. The van der Waals surface area contributed by atoms with Crippen LogP contribution in [0.15, 0.2) is 42.5 Å². The summed E-state index contributed by atoms with van der Waals surface area (Å²) in [6.45, 7) is 0. The van der Waals surface area contributed by atoms with Crippen LogP contribution >= 0.6 is 0 Å². The maximum absolute atomic E-state index is 12.2. The van der Waals surface area contributed by atoms with E-state index in [9.17, 15) is 13.2 Å². The minimum atomic E-state index is -4.72. The number of nitrogen functional groups attached to an aromatic ring is 1. The van der Waals surface area contributed by atoms with Gasteiger partial charge in [-0.1, -0.05) is 0 Å². The van der Waals surface area contributed by atoms with Crippen LogP contribution < -0.4 is 26.8 Å². The van der Waals surface area contributed by atoms with Gasteiger partial charge in [0.2, 0.25) is 0 Å². The Balaban J connectivity index is 1.83. The van der Waals surface area contributed by atoms with E-state index in [0.717, 1.165) is 11.4 Å². The molecule has 0 spiro atoms. The van der Waals surface area contributed by atoms with Crippen LogP contribution in [0.25, 0.3) is 0 Å². The number of hydrogen-bond acceptors (Lipinski definition) is 5. The molecule has 8 heteroatoms. The lowest BCUT2D eigenvalue weighted by Gasteiger charge is -2.26. The van der Waals surface area contributed by atoms with Gasteiger partial charge in [-0.2, -0.15) is 0 Å². The summed E-state index contributed by atoms with van der Waals surface area (Å²) >= 11 is 0. The van der Waals surface area contributed by atoms with Crippen LogP contribution in [-0.2, 0) is 5.79 Å². The molecule has 6 N–H and O–H groups in total. The van der Waals surface area contributed by atoms with Crippen molar-refractivity contribution in [3.8, 4) is 5.75 Å². The van der Waals surface area contributed by atoms with Crippen molar-refractivity contribution in [1.29, 1.82) is 0 Å². The smallest absolute Gasteiger partial charge is 0.406 e. The van der Waals surface area contributed by atoms with E-state index in [0.29, 0.717) is 11.3 Å². The molecule has 3 rings (SSSR count). The fraction of sp³-hybridized carbons (Fsp3) is 0.143. The summed E-state index contributed by atoms with van der Waals surface area (Å²) in [7, 11) is 0. The maximum atomic E-state index is 12.2. The van der Waals surface area contributed by atoms with Crippen LogP contribution in [0.3, 0.4) is 0 Å². The molecule has 1 atom stereocenters. The molecular weight excluding hydrogens is 297 g/mol. The zero-order valence-electron chi connectivity index (χ0n) is 11.2. The Morgan fingerprint density at radius 1 is 0.955 bits per heavy atom. The quantitative estimate of drug-likeness (QED) is 0.641. The number of nitrogens with one attached hydrogen (secondary N) is 2. The van der Waals surface area contributed by atoms with Crippen LogP contribution in [0.1, 0.15) is 5.56 Å². The van der Waals surface area contributed by atoms with Gasteiger partial charge in [-0.3, -0.25) is 5.73 Å². The second kappa shape index (κ2) is 4.70. The lowest BCUT2D eigenvalue weighted by molar-refractivity contribution is -0.274. The number of nitrogens with two attached hydrogens (primary N) is 2. The number of halogens is 3. The van der Waals surface area contributed by atoms with Gasteiger partial charge in [0.15, 0.2) is 5.79 Å². The normalized spacial score (nSPS) is 20.0. The Labute approximate surface area is 124 Å². The summed E-state index contributed by atoms with van der Waals surface area (Å²) in [5.41, 5.74) is 14.5. The van der Waals surface area contributed by atoms with E-state index < -0.39 is 12.1 Å². The van der Waals surface area contributed by atoms with E-state index in [4.69, 9.17) is 11.5 Å². The van der Waals surface area contributed by atoms with Crippen LogP contribution in [0.2, 0.25) is 0 Å². The molecular formula is C14H13F3N4O. The van der Waals surface area contributed by atoms with Crippen molar-refractivity contribution in [2.24, 2.45) is 5.73 Å². The first-order valence-corrected chi connectivity index (χ1v) is 6.36. The number of benzene rings is 2. The zero-order chi connectivity index (χ0) is 16.0. The predicted octanol–water partition coefficient (Wildman–Crippen LogP) is 2.77. The van der Waals surface area contributed by atoms with Gasteiger partial charge in [0.05, 0.1) is 11.4 Å². The third-order valence-electron chi connectivity index (χ3n) is 3.25. The first-order chi connectivity index (χ1) is 10.3. The summed E-state index contributed by atoms with van der Waals surface area (Å²) in [5, 5.41) is 6.13. The summed E-state index contributed by atoms with van der Waals surface area (Å²) in [5.74, 6) is -1.44. The lowest BCUT2D eigenvalue weighted by Crippen LogP contribution is -2.47. The standard InChI is InChI=1S/C14H13F3N4O/c15-14(16,17)22-10-4-1-8(2-5-10)13(19)20-11-6-3-9(18)7-12(11)21-13/h1-7,20-21H,18-19H2.